The van der Waals surface area contributed by atoms with Gasteiger partial charge in [-0.25, -0.2) is 4.98 Å². The van der Waals surface area contributed by atoms with Gasteiger partial charge in [-0.1, -0.05) is 25.7 Å². The van der Waals surface area contributed by atoms with Crippen molar-refractivity contribution in [2.24, 2.45) is 0 Å². The predicted molar refractivity (Wildman–Crippen MR) is 66.3 cm³/mol. The van der Waals surface area contributed by atoms with Crippen LogP contribution in [0.2, 0.25) is 0 Å². The molecular formula is C12H20N4. The van der Waals surface area contributed by atoms with Crippen molar-refractivity contribution in [3.8, 4) is 0 Å². The molecule has 0 aliphatic heterocycles. The van der Waals surface area contributed by atoms with Gasteiger partial charge in [0.15, 0.2) is 0 Å². The molecule has 0 aromatic carbocycles. The minimum Gasteiger partial charge on any atom is -0.368 e. The number of hydrogen-bond donors (Lipinski definition) is 1. The average Bonchev–Trinajstić information content (AvgIpc) is 2.56. The van der Waals surface area contributed by atoms with Crippen molar-refractivity contribution in [2.75, 3.05) is 17.7 Å². The quantitative estimate of drug-likeness (QED) is 0.776. The van der Waals surface area contributed by atoms with Crippen molar-refractivity contribution in [3.05, 3.63) is 12.3 Å². The summed E-state index contributed by atoms with van der Waals surface area (Å²) >= 11 is 0. The van der Waals surface area contributed by atoms with Gasteiger partial charge in [0.2, 0.25) is 5.95 Å². The lowest BCUT2D eigenvalue weighted by Crippen LogP contribution is -2.31. The fourth-order valence-electron chi connectivity index (χ4n) is 2.39. The highest BCUT2D eigenvalue weighted by Gasteiger charge is 2.18. The van der Waals surface area contributed by atoms with Gasteiger partial charge in [-0.3, -0.25) is 0 Å². The molecule has 0 atom stereocenters. The SMILES string of the molecule is CN(c1ccnc(N)n1)C1CCCCCC1. The summed E-state index contributed by atoms with van der Waals surface area (Å²) in [7, 11) is 2.11. The van der Waals surface area contributed by atoms with Gasteiger partial charge in [-0.05, 0) is 18.9 Å². The molecule has 4 heteroatoms. The highest BCUT2D eigenvalue weighted by atomic mass is 15.2. The van der Waals surface area contributed by atoms with Crippen molar-refractivity contribution < 1.29 is 0 Å². The van der Waals surface area contributed by atoms with Gasteiger partial charge in [0.05, 0.1) is 0 Å². The van der Waals surface area contributed by atoms with Crippen molar-refractivity contribution in [3.63, 3.8) is 0 Å². The molecule has 1 saturated carbocycles. The number of hydrogen-bond acceptors (Lipinski definition) is 4. The van der Waals surface area contributed by atoms with Crippen molar-refractivity contribution in [1.29, 1.82) is 0 Å². The molecule has 1 fully saturated rings. The zero-order valence-corrected chi connectivity index (χ0v) is 9.89. The zero-order valence-electron chi connectivity index (χ0n) is 9.89. The minimum absolute atomic E-state index is 0.359. The standard InChI is InChI=1S/C12H20N4/c1-16(10-6-4-2-3-5-7-10)11-8-9-14-12(13)15-11/h8-10H,2-7H2,1H3,(H2,13,14,15). The summed E-state index contributed by atoms with van der Waals surface area (Å²) in [5.41, 5.74) is 5.61. The molecule has 88 valence electrons. The summed E-state index contributed by atoms with van der Waals surface area (Å²) in [5, 5.41) is 0. The van der Waals surface area contributed by atoms with Crippen LogP contribution in [0.5, 0.6) is 0 Å². The Morgan fingerprint density at radius 1 is 1.25 bits per heavy atom. The van der Waals surface area contributed by atoms with Crippen LogP contribution in [-0.2, 0) is 0 Å². The number of aromatic nitrogens is 2. The van der Waals surface area contributed by atoms with E-state index in [9.17, 15) is 0 Å². The smallest absolute Gasteiger partial charge is 0.221 e. The molecule has 0 radical (unpaired) electrons. The monoisotopic (exact) mass is 220 g/mol. The Kier molecular flexibility index (Phi) is 3.59. The number of nitrogen functional groups attached to an aromatic ring is 1. The molecule has 0 amide bonds. The maximum absolute atomic E-state index is 5.61. The molecule has 0 saturated heterocycles. The molecule has 0 spiro atoms. The van der Waals surface area contributed by atoms with Crippen molar-refractivity contribution >= 4 is 11.8 Å². The van der Waals surface area contributed by atoms with Gasteiger partial charge >= 0.3 is 0 Å². The van der Waals surface area contributed by atoms with Crippen LogP contribution in [0.15, 0.2) is 12.3 Å². The number of rotatable bonds is 2. The third-order valence-corrected chi connectivity index (χ3v) is 3.39. The minimum atomic E-state index is 0.359. The summed E-state index contributed by atoms with van der Waals surface area (Å²) in [6, 6.07) is 2.54. The Hall–Kier alpha value is -1.32. The lowest BCUT2D eigenvalue weighted by Gasteiger charge is -2.28. The fraction of sp³-hybridized carbons (Fsp3) is 0.667. The van der Waals surface area contributed by atoms with E-state index in [1.807, 2.05) is 6.07 Å². The Morgan fingerprint density at radius 2 is 1.94 bits per heavy atom. The first-order valence-corrected chi connectivity index (χ1v) is 6.09. The molecule has 0 unspecified atom stereocenters. The van der Waals surface area contributed by atoms with E-state index in [0.29, 0.717) is 12.0 Å². The summed E-state index contributed by atoms with van der Waals surface area (Å²) in [6.45, 7) is 0. The lowest BCUT2D eigenvalue weighted by molar-refractivity contribution is 0.549. The van der Waals surface area contributed by atoms with Crippen LogP contribution in [0.4, 0.5) is 11.8 Å². The zero-order chi connectivity index (χ0) is 11.4. The molecule has 1 heterocycles. The maximum Gasteiger partial charge on any atom is 0.221 e. The second kappa shape index (κ2) is 5.14. The van der Waals surface area contributed by atoms with Gasteiger partial charge in [0.1, 0.15) is 5.82 Å². The first-order chi connectivity index (χ1) is 7.77. The average molecular weight is 220 g/mol. The van der Waals surface area contributed by atoms with Crippen molar-refractivity contribution in [1.82, 2.24) is 9.97 Å². The molecular weight excluding hydrogens is 200 g/mol. The van der Waals surface area contributed by atoms with Crippen LogP contribution < -0.4 is 10.6 Å². The number of nitrogens with two attached hydrogens (primary N) is 1. The van der Waals surface area contributed by atoms with Crippen LogP contribution in [-0.4, -0.2) is 23.1 Å². The molecule has 1 aromatic heterocycles. The van der Waals surface area contributed by atoms with E-state index >= 15 is 0 Å². The van der Waals surface area contributed by atoms with E-state index in [0.717, 1.165) is 5.82 Å². The van der Waals surface area contributed by atoms with Gasteiger partial charge in [0, 0.05) is 19.3 Å². The molecule has 2 N–H and O–H groups in total. The van der Waals surface area contributed by atoms with Crippen LogP contribution in [0.25, 0.3) is 0 Å². The van der Waals surface area contributed by atoms with Gasteiger partial charge < -0.3 is 10.6 Å². The van der Waals surface area contributed by atoms with Crippen LogP contribution >= 0.6 is 0 Å². The molecule has 1 aliphatic carbocycles. The first-order valence-electron chi connectivity index (χ1n) is 6.09. The number of nitrogens with zero attached hydrogens (tertiary/aromatic N) is 3. The second-order valence-corrected chi connectivity index (χ2v) is 4.53. The van der Waals surface area contributed by atoms with Crippen LogP contribution in [0.1, 0.15) is 38.5 Å². The maximum atomic E-state index is 5.61. The predicted octanol–water partition coefficient (Wildman–Crippen LogP) is 2.22. The molecule has 1 aliphatic rings. The van der Waals surface area contributed by atoms with E-state index in [2.05, 4.69) is 21.9 Å². The molecule has 0 bridgehead atoms. The molecule has 16 heavy (non-hydrogen) atoms. The molecule has 2 rings (SSSR count). The van der Waals surface area contributed by atoms with Gasteiger partial charge in [-0.15, -0.1) is 0 Å². The summed E-state index contributed by atoms with van der Waals surface area (Å²) in [4.78, 5) is 10.5. The van der Waals surface area contributed by atoms with Gasteiger partial charge in [0.25, 0.3) is 0 Å². The molecule has 1 aromatic rings. The van der Waals surface area contributed by atoms with E-state index in [-0.39, 0.29) is 0 Å². The van der Waals surface area contributed by atoms with Crippen LogP contribution in [0, 0.1) is 0 Å². The Bertz CT molecular complexity index is 332. The second-order valence-electron chi connectivity index (χ2n) is 4.53. The largest absolute Gasteiger partial charge is 0.368 e. The molecule has 4 nitrogen and oxygen atoms in total. The van der Waals surface area contributed by atoms with Gasteiger partial charge in [-0.2, -0.15) is 4.98 Å². The lowest BCUT2D eigenvalue weighted by atomic mass is 10.1. The Labute approximate surface area is 96.9 Å². The normalized spacial score (nSPS) is 18.1. The first kappa shape index (κ1) is 11.2. The Balaban J connectivity index is 2.07. The highest BCUT2D eigenvalue weighted by molar-refractivity contribution is 5.41. The van der Waals surface area contributed by atoms with Crippen LogP contribution in [0.3, 0.4) is 0 Å². The summed E-state index contributed by atoms with van der Waals surface area (Å²) in [6.07, 6.45) is 9.66. The van der Waals surface area contributed by atoms with E-state index in [4.69, 9.17) is 5.73 Å². The fourth-order valence-corrected chi connectivity index (χ4v) is 2.39. The third kappa shape index (κ3) is 2.62. The highest BCUT2D eigenvalue weighted by Crippen LogP contribution is 2.24. The number of anilines is 2. The van der Waals surface area contributed by atoms with E-state index < -0.39 is 0 Å². The third-order valence-electron chi connectivity index (χ3n) is 3.39. The Morgan fingerprint density at radius 3 is 2.56 bits per heavy atom. The van der Waals surface area contributed by atoms with Crippen molar-refractivity contribution in [2.45, 2.75) is 44.6 Å². The van der Waals surface area contributed by atoms with E-state index in [1.54, 1.807) is 6.20 Å². The topological polar surface area (TPSA) is 55.0 Å². The van der Waals surface area contributed by atoms with E-state index in [1.165, 1.54) is 38.5 Å². The summed E-state index contributed by atoms with van der Waals surface area (Å²) in [5.74, 6) is 1.30. The summed E-state index contributed by atoms with van der Waals surface area (Å²) < 4.78 is 0.